The van der Waals surface area contributed by atoms with Crippen molar-refractivity contribution in [3.05, 3.63) is 53.6 Å². The molecule has 7 heteroatoms. The Hall–Kier alpha value is -3.68. The monoisotopic (exact) mass is 380 g/mol. The Morgan fingerprint density at radius 2 is 1.57 bits per heavy atom. The molecule has 0 radical (unpaired) electrons. The molecule has 0 saturated heterocycles. The molecule has 0 aliphatic heterocycles. The highest BCUT2D eigenvalue weighted by atomic mass is 16.5. The summed E-state index contributed by atoms with van der Waals surface area (Å²) < 4.78 is 21.8. The predicted octanol–water partition coefficient (Wildman–Crippen LogP) is 2.95. The van der Waals surface area contributed by atoms with E-state index in [4.69, 9.17) is 29.5 Å². The zero-order valence-corrected chi connectivity index (χ0v) is 15.6. The Balaban J connectivity index is 2.10. The minimum Gasteiger partial charge on any atom is -0.493 e. The van der Waals surface area contributed by atoms with Crippen molar-refractivity contribution >= 4 is 6.08 Å². The molecular weight excluding hydrogens is 360 g/mol. The van der Waals surface area contributed by atoms with Gasteiger partial charge in [-0.15, -0.1) is 0 Å². The van der Waals surface area contributed by atoms with Crippen LogP contribution in [0.2, 0.25) is 0 Å². The Morgan fingerprint density at radius 1 is 1.00 bits per heavy atom. The molecule has 0 aliphatic carbocycles. The molecule has 0 aliphatic rings. The number of aliphatic hydroxyl groups excluding tert-OH is 1. The molecule has 144 valence electrons. The van der Waals surface area contributed by atoms with Crippen LogP contribution in [0, 0.1) is 22.7 Å². The first-order valence-corrected chi connectivity index (χ1v) is 8.37. The van der Waals surface area contributed by atoms with E-state index in [1.807, 2.05) is 18.2 Å². The van der Waals surface area contributed by atoms with Crippen LogP contribution in [0.1, 0.15) is 5.56 Å². The number of para-hydroxylation sites is 1. The quantitative estimate of drug-likeness (QED) is 0.667. The van der Waals surface area contributed by atoms with Crippen molar-refractivity contribution in [3.8, 4) is 35.1 Å². The van der Waals surface area contributed by atoms with Gasteiger partial charge in [0.1, 0.15) is 42.8 Å². The lowest BCUT2D eigenvalue weighted by atomic mass is 10.1. The van der Waals surface area contributed by atoms with E-state index >= 15 is 0 Å². The molecule has 7 nitrogen and oxygen atoms in total. The number of nitrogens with zero attached hydrogens (tertiary/aromatic N) is 2. The normalized spacial score (nSPS) is 10.8. The molecule has 0 heterocycles. The van der Waals surface area contributed by atoms with Crippen LogP contribution in [0.3, 0.4) is 0 Å². The average Bonchev–Trinajstić information content (AvgIpc) is 2.74. The summed E-state index contributed by atoms with van der Waals surface area (Å²) in [5.41, 5.74) is 0.498. The number of methoxy groups -OCH3 is 2. The van der Waals surface area contributed by atoms with Gasteiger partial charge in [0.15, 0.2) is 11.5 Å². The second-order valence-corrected chi connectivity index (χ2v) is 5.63. The van der Waals surface area contributed by atoms with Gasteiger partial charge in [0.05, 0.1) is 14.2 Å². The minimum absolute atomic E-state index is 0.0453. The van der Waals surface area contributed by atoms with Gasteiger partial charge in [-0.1, -0.05) is 18.2 Å². The van der Waals surface area contributed by atoms with Crippen molar-refractivity contribution in [2.24, 2.45) is 0 Å². The lowest BCUT2D eigenvalue weighted by molar-refractivity contribution is 0.0606. The van der Waals surface area contributed by atoms with Crippen molar-refractivity contribution in [1.29, 1.82) is 10.5 Å². The second kappa shape index (κ2) is 10.5. The number of aliphatic hydroxyl groups is 1. The minimum atomic E-state index is -0.877. The SMILES string of the molecule is COc1cc(C=C(C#N)C#N)cc(OC)c1OCC(O)COc1ccccc1. The van der Waals surface area contributed by atoms with Gasteiger partial charge in [-0.05, 0) is 35.9 Å². The summed E-state index contributed by atoms with van der Waals surface area (Å²) in [7, 11) is 2.92. The highest BCUT2D eigenvalue weighted by Gasteiger charge is 2.16. The van der Waals surface area contributed by atoms with Gasteiger partial charge in [0, 0.05) is 0 Å². The maximum Gasteiger partial charge on any atom is 0.203 e. The van der Waals surface area contributed by atoms with Crippen molar-refractivity contribution < 1.29 is 24.1 Å². The van der Waals surface area contributed by atoms with E-state index in [1.54, 1.807) is 36.4 Å². The first-order valence-electron chi connectivity index (χ1n) is 8.37. The lowest BCUT2D eigenvalue weighted by Gasteiger charge is -2.18. The summed E-state index contributed by atoms with van der Waals surface area (Å²) in [5, 5.41) is 27.9. The van der Waals surface area contributed by atoms with E-state index in [-0.39, 0.29) is 18.8 Å². The number of hydrogen-bond donors (Lipinski definition) is 1. The fraction of sp³-hybridized carbons (Fsp3) is 0.238. The van der Waals surface area contributed by atoms with Crippen molar-refractivity contribution in [2.45, 2.75) is 6.10 Å². The Bertz CT molecular complexity index is 856. The van der Waals surface area contributed by atoms with Gasteiger partial charge < -0.3 is 24.1 Å². The molecule has 0 bridgehead atoms. The Morgan fingerprint density at radius 3 is 2.11 bits per heavy atom. The van der Waals surface area contributed by atoms with Gasteiger partial charge in [0.25, 0.3) is 0 Å². The third-order valence-electron chi connectivity index (χ3n) is 3.64. The summed E-state index contributed by atoms with van der Waals surface area (Å²) in [6.07, 6.45) is 0.537. The number of hydrogen-bond acceptors (Lipinski definition) is 7. The zero-order valence-electron chi connectivity index (χ0n) is 15.6. The fourth-order valence-corrected chi connectivity index (χ4v) is 2.32. The average molecular weight is 380 g/mol. The molecule has 0 spiro atoms. The van der Waals surface area contributed by atoms with E-state index in [2.05, 4.69) is 0 Å². The van der Waals surface area contributed by atoms with Crippen LogP contribution in [0.15, 0.2) is 48.0 Å². The van der Waals surface area contributed by atoms with Crippen LogP contribution >= 0.6 is 0 Å². The van der Waals surface area contributed by atoms with Crippen molar-refractivity contribution in [3.63, 3.8) is 0 Å². The maximum atomic E-state index is 10.1. The highest BCUT2D eigenvalue weighted by molar-refractivity contribution is 5.67. The molecule has 1 N–H and O–H groups in total. The molecule has 2 rings (SSSR count). The maximum absolute atomic E-state index is 10.1. The van der Waals surface area contributed by atoms with Gasteiger partial charge in [0.2, 0.25) is 5.75 Å². The Kier molecular flexibility index (Phi) is 7.71. The van der Waals surface area contributed by atoms with E-state index in [1.165, 1.54) is 20.3 Å². The molecule has 1 unspecified atom stereocenters. The third kappa shape index (κ3) is 5.66. The first kappa shape index (κ1) is 20.6. The fourth-order valence-electron chi connectivity index (χ4n) is 2.32. The number of benzene rings is 2. The second-order valence-electron chi connectivity index (χ2n) is 5.63. The van der Waals surface area contributed by atoms with Crippen LogP contribution in [-0.4, -0.2) is 38.6 Å². The summed E-state index contributed by atoms with van der Waals surface area (Å²) in [6, 6.07) is 16.0. The number of allylic oxidation sites excluding steroid dienone is 1. The zero-order chi connectivity index (χ0) is 20.4. The van der Waals surface area contributed by atoms with Crippen LogP contribution in [0.4, 0.5) is 0 Å². The molecule has 0 amide bonds. The molecule has 2 aromatic carbocycles. The topological polar surface area (TPSA) is 105 Å². The van der Waals surface area contributed by atoms with Crippen LogP contribution in [-0.2, 0) is 0 Å². The first-order chi connectivity index (χ1) is 13.6. The van der Waals surface area contributed by atoms with Gasteiger partial charge >= 0.3 is 0 Å². The largest absolute Gasteiger partial charge is 0.493 e. The third-order valence-corrected chi connectivity index (χ3v) is 3.64. The molecule has 0 saturated carbocycles. The van der Waals surface area contributed by atoms with Gasteiger partial charge in [-0.25, -0.2) is 0 Å². The molecule has 0 aromatic heterocycles. The summed E-state index contributed by atoms with van der Waals surface area (Å²) in [6.45, 7) is 0.0134. The van der Waals surface area contributed by atoms with Crippen molar-refractivity contribution in [2.75, 3.05) is 27.4 Å². The molecular formula is C21H20N2O5. The van der Waals surface area contributed by atoms with Crippen LogP contribution in [0.5, 0.6) is 23.0 Å². The lowest BCUT2D eigenvalue weighted by Crippen LogP contribution is -2.25. The van der Waals surface area contributed by atoms with Crippen LogP contribution < -0.4 is 18.9 Å². The number of rotatable bonds is 9. The predicted molar refractivity (Wildman–Crippen MR) is 102 cm³/mol. The summed E-state index contributed by atoms with van der Waals surface area (Å²) in [5.74, 6) is 1.64. The highest BCUT2D eigenvalue weighted by Crippen LogP contribution is 2.39. The number of ether oxygens (including phenoxy) is 4. The van der Waals surface area contributed by atoms with E-state index in [9.17, 15) is 5.11 Å². The van der Waals surface area contributed by atoms with E-state index < -0.39 is 6.10 Å². The van der Waals surface area contributed by atoms with E-state index in [0.29, 0.717) is 28.6 Å². The van der Waals surface area contributed by atoms with Crippen LogP contribution in [0.25, 0.3) is 6.08 Å². The van der Waals surface area contributed by atoms with Gasteiger partial charge in [-0.3, -0.25) is 0 Å². The van der Waals surface area contributed by atoms with E-state index in [0.717, 1.165) is 0 Å². The van der Waals surface area contributed by atoms with Crippen molar-refractivity contribution in [1.82, 2.24) is 0 Å². The molecule has 0 fully saturated rings. The molecule has 28 heavy (non-hydrogen) atoms. The number of nitriles is 2. The van der Waals surface area contributed by atoms with Gasteiger partial charge in [-0.2, -0.15) is 10.5 Å². The Labute approximate surface area is 163 Å². The summed E-state index contributed by atoms with van der Waals surface area (Å²) >= 11 is 0. The molecule has 1 atom stereocenters. The summed E-state index contributed by atoms with van der Waals surface area (Å²) in [4.78, 5) is 0. The standard InChI is InChI=1S/C21H20N2O5/c1-25-19-9-15(8-16(11-22)12-23)10-20(26-2)21(19)28-14-17(24)13-27-18-6-4-3-5-7-18/h3-10,17,24H,13-14H2,1-2H3. The molecule has 2 aromatic rings. The smallest absolute Gasteiger partial charge is 0.203 e.